The van der Waals surface area contributed by atoms with E-state index >= 15 is 0 Å². The molecule has 1 atom stereocenters. The zero-order valence-corrected chi connectivity index (χ0v) is 16.4. The molecule has 0 aromatic heterocycles. The van der Waals surface area contributed by atoms with E-state index in [0.29, 0.717) is 49.7 Å². The number of nitrogens with two attached hydrogens (primary N) is 1. The minimum absolute atomic E-state index is 0. The molecule has 7 nitrogen and oxygen atoms in total. The van der Waals surface area contributed by atoms with Crippen molar-refractivity contribution in [1.29, 1.82) is 0 Å². The molecule has 2 N–H and O–H groups in total. The van der Waals surface area contributed by atoms with Crippen LogP contribution in [0.2, 0.25) is 0 Å². The van der Waals surface area contributed by atoms with E-state index in [9.17, 15) is 9.59 Å². The van der Waals surface area contributed by atoms with Gasteiger partial charge in [-0.3, -0.25) is 9.59 Å². The van der Waals surface area contributed by atoms with Gasteiger partial charge in [0.15, 0.2) is 11.5 Å². The normalized spacial score (nSPS) is 15.1. The Morgan fingerprint density at radius 1 is 1.08 bits per heavy atom. The fourth-order valence-corrected chi connectivity index (χ4v) is 2.95. The zero-order valence-electron chi connectivity index (χ0n) is 15.6. The quantitative estimate of drug-likeness (QED) is 0.802. The summed E-state index contributed by atoms with van der Waals surface area (Å²) in [5, 5.41) is 0. The standard InChI is InChI=1S/C18H27N3O4.ClH/c1-4-5-14(19)18(23)21-10-8-20(9-11-21)17(22)13-6-7-15(24-2)16(12-13)25-3;/h6-7,12,14H,4-5,8-11,19H2,1-3H3;1H. The molecule has 8 heteroatoms. The average Bonchev–Trinajstić information content (AvgIpc) is 2.66. The van der Waals surface area contributed by atoms with Gasteiger partial charge in [-0.25, -0.2) is 0 Å². The summed E-state index contributed by atoms with van der Waals surface area (Å²) in [7, 11) is 3.09. The molecule has 1 aromatic carbocycles. The number of hydrogen-bond acceptors (Lipinski definition) is 5. The van der Waals surface area contributed by atoms with Gasteiger partial charge in [0.2, 0.25) is 5.91 Å². The van der Waals surface area contributed by atoms with Gasteiger partial charge in [-0.1, -0.05) is 13.3 Å². The lowest BCUT2D eigenvalue weighted by molar-refractivity contribution is -0.134. The maximum Gasteiger partial charge on any atom is 0.254 e. The summed E-state index contributed by atoms with van der Waals surface area (Å²) in [6.07, 6.45) is 1.56. The van der Waals surface area contributed by atoms with Crippen LogP contribution in [0.25, 0.3) is 0 Å². The first kappa shape index (κ1) is 22.1. The molecule has 2 amide bonds. The Hall–Kier alpha value is -1.99. The van der Waals surface area contributed by atoms with Gasteiger partial charge in [0, 0.05) is 31.7 Å². The number of nitrogens with zero attached hydrogens (tertiary/aromatic N) is 2. The van der Waals surface area contributed by atoms with E-state index in [4.69, 9.17) is 15.2 Å². The Balaban J connectivity index is 0.00000338. The van der Waals surface area contributed by atoms with Gasteiger partial charge in [-0.2, -0.15) is 0 Å². The van der Waals surface area contributed by atoms with Crippen LogP contribution >= 0.6 is 12.4 Å². The third kappa shape index (κ3) is 5.02. The van der Waals surface area contributed by atoms with E-state index in [1.165, 1.54) is 7.11 Å². The van der Waals surface area contributed by atoms with Crippen LogP contribution in [-0.2, 0) is 4.79 Å². The third-order valence-corrected chi connectivity index (χ3v) is 4.43. The molecular weight excluding hydrogens is 358 g/mol. The molecule has 0 saturated carbocycles. The number of benzene rings is 1. The Morgan fingerprint density at radius 3 is 2.19 bits per heavy atom. The lowest BCUT2D eigenvalue weighted by Gasteiger charge is -2.36. The van der Waals surface area contributed by atoms with Crippen molar-refractivity contribution in [1.82, 2.24) is 9.80 Å². The van der Waals surface area contributed by atoms with Crippen LogP contribution in [0.3, 0.4) is 0 Å². The molecule has 0 radical (unpaired) electrons. The number of halogens is 1. The molecule has 1 saturated heterocycles. The summed E-state index contributed by atoms with van der Waals surface area (Å²) in [6, 6.07) is 4.67. The van der Waals surface area contributed by atoms with Crippen LogP contribution in [-0.4, -0.2) is 68.1 Å². The number of rotatable bonds is 6. The van der Waals surface area contributed by atoms with E-state index < -0.39 is 6.04 Å². The summed E-state index contributed by atoms with van der Waals surface area (Å²) in [4.78, 5) is 28.4. The highest BCUT2D eigenvalue weighted by Gasteiger charge is 2.27. The van der Waals surface area contributed by atoms with Crippen LogP contribution in [0, 0.1) is 0 Å². The molecule has 1 unspecified atom stereocenters. The minimum Gasteiger partial charge on any atom is -0.493 e. The predicted molar refractivity (Wildman–Crippen MR) is 102 cm³/mol. The van der Waals surface area contributed by atoms with Crippen molar-refractivity contribution in [2.45, 2.75) is 25.8 Å². The molecule has 1 aliphatic rings. The van der Waals surface area contributed by atoms with Gasteiger partial charge in [0.25, 0.3) is 5.91 Å². The molecular formula is C18H28ClN3O4. The molecule has 2 rings (SSSR count). The summed E-state index contributed by atoms with van der Waals surface area (Å²) in [6.45, 7) is 4.02. The number of carbonyl (C=O) groups is 2. The van der Waals surface area contributed by atoms with Crippen molar-refractivity contribution in [3.63, 3.8) is 0 Å². The van der Waals surface area contributed by atoms with E-state index in [2.05, 4.69) is 0 Å². The smallest absolute Gasteiger partial charge is 0.254 e. The molecule has 146 valence electrons. The second-order valence-corrected chi connectivity index (χ2v) is 6.08. The molecule has 1 heterocycles. The van der Waals surface area contributed by atoms with Crippen molar-refractivity contribution in [2.24, 2.45) is 5.73 Å². The van der Waals surface area contributed by atoms with Crippen molar-refractivity contribution >= 4 is 24.2 Å². The highest BCUT2D eigenvalue weighted by atomic mass is 35.5. The van der Waals surface area contributed by atoms with Crippen LogP contribution in [0.1, 0.15) is 30.1 Å². The van der Waals surface area contributed by atoms with Gasteiger partial charge < -0.3 is 25.0 Å². The SMILES string of the molecule is CCCC(N)C(=O)N1CCN(C(=O)c2ccc(OC)c(OC)c2)CC1.Cl. The zero-order chi connectivity index (χ0) is 18.4. The topological polar surface area (TPSA) is 85.1 Å². The fourth-order valence-electron chi connectivity index (χ4n) is 2.95. The highest BCUT2D eigenvalue weighted by molar-refractivity contribution is 5.95. The van der Waals surface area contributed by atoms with Gasteiger partial charge in [-0.15, -0.1) is 12.4 Å². The van der Waals surface area contributed by atoms with Gasteiger partial charge >= 0.3 is 0 Å². The first-order valence-electron chi connectivity index (χ1n) is 8.57. The lowest BCUT2D eigenvalue weighted by atomic mass is 10.1. The Morgan fingerprint density at radius 2 is 1.65 bits per heavy atom. The molecule has 0 spiro atoms. The molecule has 0 aliphatic carbocycles. The Bertz CT molecular complexity index is 618. The first-order chi connectivity index (χ1) is 12.0. The van der Waals surface area contributed by atoms with Crippen LogP contribution < -0.4 is 15.2 Å². The summed E-state index contributed by atoms with van der Waals surface area (Å²) >= 11 is 0. The molecule has 1 aromatic rings. The summed E-state index contributed by atoms with van der Waals surface area (Å²) in [5.41, 5.74) is 6.45. The number of carbonyl (C=O) groups excluding carboxylic acids is 2. The lowest BCUT2D eigenvalue weighted by Crippen LogP contribution is -2.54. The van der Waals surface area contributed by atoms with E-state index in [1.54, 1.807) is 35.1 Å². The highest BCUT2D eigenvalue weighted by Crippen LogP contribution is 2.28. The second-order valence-electron chi connectivity index (χ2n) is 6.08. The van der Waals surface area contributed by atoms with Crippen molar-refractivity contribution < 1.29 is 19.1 Å². The van der Waals surface area contributed by atoms with E-state index in [0.717, 1.165) is 6.42 Å². The number of hydrogen-bond donors (Lipinski definition) is 1. The van der Waals surface area contributed by atoms with Crippen molar-refractivity contribution in [2.75, 3.05) is 40.4 Å². The first-order valence-corrected chi connectivity index (χ1v) is 8.57. The summed E-state index contributed by atoms with van der Waals surface area (Å²) < 4.78 is 10.4. The van der Waals surface area contributed by atoms with Gasteiger partial charge in [0.05, 0.1) is 20.3 Å². The fraction of sp³-hybridized carbons (Fsp3) is 0.556. The average molecular weight is 386 g/mol. The van der Waals surface area contributed by atoms with Crippen LogP contribution in [0.5, 0.6) is 11.5 Å². The number of piperazine rings is 1. The van der Waals surface area contributed by atoms with Crippen LogP contribution in [0.15, 0.2) is 18.2 Å². The van der Waals surface area contributed by atoms with Crippen molar-refractivity contribution in [3.05, 3.63) is 23.8 Å². The number of methoxy groups -OCH3 is 2. The monoisotopic (exact) mass is 385 g/mol. The maximum absolute atomic E-state index is 12.7. The number of amides is 2. The summed E-state index contributed by atoms with van der Waals surface area (Å²) in [5.74, 6) is 0.998. The second kappa shape index (κ2) is 10.2. The van der Waals surface area contributed by atoms with Crippen molar-refractivity contribution in [3.8, 4) is 11.5 Å². The third-order valence-electron chi connectivity index (χ3n) is 4.43. The van der Waals surface area contributed by atoms with Crippen LogP contribution in [0.4, 0.5) is 0 Å². The van der Waals surface area contributed by atoms with Gasteiger partial charge in [0.1, 0.15) is 0 Å². The van der Waals surface area contributed by atoms with E-state index in [-0.39, 0.29) is 24.2 Å². The largest absolute Gasteiger partial charge is 0.493 e. The van der Waals surface area contributed by atoms with E-state index in [1.807, 2.05) is 6.92 Å². The molecule has 26 heavy (non-hydrogen) atoms. The minimum atomic E-state index is -0.446. The Kier molecular flexibility index (Phi) is 8.68. The Labute approximate surface area is 160 Å². The molecule has 1 aliphatic heterocycles. The predicted octanol–water partition coefficient (Wildman–Crippen LogP) is 1.54. The molecule has 0 bridgehead atoms. The van der Waals surface area contributed by atoms with Gasteiger partial charge in [-0.05, 0) is 24.6 Å². The number of ether oxygens (including phenoxy) is 2. The maximum atomic E-state index is 12.7. The molecule has 1 fully saturated rings.